The van der Waals surface area contributed by atoms with Gasteiger partial charge in [-0.3, -0.25) is 9.59 Å². The molecule has 3 heterocycles. The zero-order chi connectivity index (χ0) is 34.2. The largest absolute Gasteiger partial charge is 0.501 e. The molecule has 3 aromatic rings. The number of aromatic hydroxyl groups is 1. The van der Waals surface area contributed by atoms with Crippen LogP contribution in [0, 0.1) is 0 Å². The Hall–Kier alpha value is -2.61. The van der Waals surface area contributed by atoms with Gasteiger partial charge >= 0.3 is 0 Å². The molecule has 1 amide bonds. The zero-order valence-electron chi connectivity index (χ0n) is 28.7. The number of carbonyl (C=O) groups is 1. The van der Waals surface area contributed by atoms with Gasteiger partial charge in [0.15, 0.2) is 12.3 Å². The molecule has 1 atom stereocenters. The number of quaternary nitrogens is 1. The van der Waals surface area contributed by atoms with Gasteiger partial charge in [0, 0.05) is 49.1 Å². The number of nitrogens with zero attached hydrogens (tertiary/aromatic N) is 2. The second kappa shape index (κ2) is 20.2. The van der Waals surface area contributed by atoms with Crippen molar-refractivity contribution < 1.29 is 33.4 Å². The Balaban J connectivity index is 1.38. The van der Waals surface area contributed by atoms with E-state index >= 15 is 0 Å². The normalized spacial score (nSPS) is 14.8. The molecule has 0 bridgehead atoms. The maximum absolute atomic E-state index is 13.4. The predicted octanol–water partition coefficient (Wildman–Crippen LogP) is 8.98. The molecule has 1 unspecified atom stereocenters. The van der Waals surface area contributed by atoms with Gasteiger partial charge in [0.05, 0.1) is 35.4 Å². The summed E-state index contributed by atoms with van der Waals surface area (Å²) in [6.07, 6.45) is 16.9. The van der Waals surface area contributed by atoms with Gasteiger partial charge < -0.3 is 24.2 Å². The fourth-order valence-electron chi connectivity index (χ4n) is 6.52. The average molecular weight is 705 g/mol. The molecule has 266 valence electrons. The van der Waals surface area contributed by atoms with Crippen LogP contribution >= 0.6 is 23.4 Å². The molecule has 12 heteroatoms. The number of benzene rings is 1. The van der Waals surface area contributed by atoms with Crippen LogP contribution in [0.4, 0.5) is 10.7 Å². The third kappa shape index (κ3) is 11.8. The molecule has 48 heavy (non-hydrogen) atoms. The Morgan fingerprint density at radius 1 is 0.979 bits per heavy atom. The van der Waals surface area contributed by atoms with E-state index in [9.17, 15) is 14.7 Å². The Bertz CT molecular complexity index is 1470. The third-order valence-corrected chi connectivity index (χ3v) is 11.0. The molecule has 1 aromatic carbocycles. The Kier molecular flexibility index (Phi) is 16.0. The second-order valence-corrected chi connectivity index (χ2v) is 15.1. The van der Waals surface area contributed by atoms with Gasteiger partial charge in [0.25, 0.3) is 5.91 Å². The predicted molar refractivity (Wildman–Crippen MR) is 197 cm³/mol. The van der Waals surface area contributed by atoms with Crippen LogP contribution in [0.15, 0.2) is 39.5 Å². The van der Waals surface area contributed by atoms with Crippen LogP contribution in [0.1, 0.15) is 96.8 Å². The number of piperidine rings is 1. The molecular weight excluding hydrogens is 651 g/mol. The number of likely N-dealkylation sites (N-methyl/N-ethyl adjacent to an activating group) is 1. The fourth-order valence-corrected chi connectivity index (χ4v) is 7.92. The minimum Gasteiger partial charge on any atom is -0.501 e. The first-order valence-corrected chi connectivity index (χ1v) is 19.4. The lowest BCUT2D eigenvalue weighted by molar-refractivity contribution is -0.902. The van der Waals surface area contributed by atoms with Crippen molar-refractivity contribution in [2.45, 2.75) is 96.8 Å². The molecule has 2 aromatic heterocycles. The zero-order valence-corrected chi connectivity index (χ0v) is 30.3. The van der Waals surface area contributed by atoms with Crippen molar-refractivity contribution in [2.24, 2.45) is 0 Å². The van der Waals surface area contributed by atoms with E-state index < -0.39 is 11.2 Å². The first kappa shape index (κ1) is 38.2. The van der Waals surface area contributed by atoms with Gasteiger partial charge in [-0.15, -0.1) is 15.7 Å². The molecule has 0 spiro atoms. The summed E-state index contributed by atoms with van der Waals surface area (Å²) in [6, 6.07) is 8.82. The van der Waals surface area contributed by atoms with Crippen LogP contribution in [0.3, 0.4) is 0 Å². The number of hydrogen-bond donors (Lipinski definition) is 3. The van der Waals surface area contributed by atoms with E-state index in [-0.39, 0.29) is 23.6 Å². The van der Waals surface area contributed by atoms with E-state index in [0.29, 0.717) is 26.4 Å². The number of rotatable bonds is 22. The molecule has 1 aliphatic heterocycles. The monoisotopic (exact) mass is 704 g/mol. The van der Waals surface area contributed by atoms with Crippen LogP contribution in [0.25, 0.3) is 21.6 Å². The standard InChI is InChI=1S/C36H53N3O7S2/c1-3-4-5-6-7-8-9-10-11-15-23-39(2,24-16-25-47-46-45-43)27-32(40)37-28-17-18-29-30(26-28)44-36(35(42)34(29)41)31-19-20-33(48-31)38-21-13-12-14-22-38/h17-20,26H,3-16,21-25,27H2,1-2H3,(H2-,37,40,42,43)/p+1. The van der Waals surface area contributed by atoms with E-state index in [1.165, 1.54) is 69.1 Å². The highest BCUT2D eigenvalue weighted by atomic mass is 32.2. The Morgan fingerprint density at radius 3 is 2.38 bits per heavy atom. The number of unbranched alkanes of at least 4 members (excludes halogenated alkanes) is 9. The number of hydrogen-bond acceptors (Lipinski definition) is 10. The summed E-state index contributed by atoms with van der Waals surface area (Å²) in [7, 11) is 2.11. The molecule has 1 fully saturated rings. The molecule has 4 rings (SSSR count). The molecule has 1 saturated heterocycles. The fraction of sp³-hybridized carbons (Fsp3) is 0.611. The van der Waals surface area contributed by atoms with Crippen LogP contribution in [-0.4, -0.2) is 66.3 Å². The Labute approximate surface area is 293 Å². The first-order chi connectivity index (χ1) is 23.3. The number of fused-ring (bicyclic) bond motifs is 1. The summed E-state index contributed by atoms with van der Waals surface area (Å²) in [5.41, 5.74) is 0.345. The average Bonchev–Trinajstić information content (AvgIpc) is 3.58. The van der Waals surface area contributed by atoms with Crippen molar-refractivity contribution in [3.8, 4) is 16.4 Å². The number of amides is 1. The van der Waals surface area contributed by atoms with Crippen molar-refractivity contribution in [3.63, 3.8) is 0 Å². The van der Waals surface area contributed by atoms with Crippen molar-refractivity contribution in [2.75, 3.05) is 55.7 Å². The van der Waals surface area contributed by atoms with Gasteiger partial charge in [0.1, 0.15) is 5.58 Å². The second-order valence-electron chi connectivity index (χ2n) is 13.3. The molecule has 3 N–H and O–H groups in total. The maximum Gasteiger partial charge on any atom is 0.279 e. The van der Waals surface area contributed by atoms with E-state index in [0.717, 1.165) is 75.3 Å². The van der Waals surface area contributed by atoms with Gasteiger partial charge in [-0.2, -0.15) is 0 Å². The molecular formula is C36H54N3O7S2+. The first-order valence-electron chi connectivity index (χ1n) is 17.7. The van der Waals surface area contributed by atoms with Gasteiger partial charge in [-0.1, -0.05) is 63.3 Å². The lowest BCUT2D eigenvalue weighted by atomic mass is 10.1. The molecule has 0 saturated carbocycles. The van der Waals surface area contributed by atoms with E-state index in [1.54, 1.807) is 18.2 Å². The SMILES string of the molecule is CCCCCCCCCCCC[N+](C)(CCCSOOO)CC(=O)Nc1ccc2c(=O)c(O)c(-c3ccc(N4CCCCC4)s3)oc2c1. The minimum atomic E-state index is -0.494. The van der Waals surface area contributed by atoms with Gasteiger partial charge in [0.2, 0.25) is 11.2 Å². The van der Waals surface area contributed by atoms with Crippen LogP contribution in [0.2, 0.25) is 0 Å². The highest BCUT2D eigenvalue weighted by Crippen LogP contribution is 2.39. The smallest absolute Gasteiger partial charge is 0.279 e. The summed E-state index contributed by atoms with van der Waals surface area (Å²) >= 11 is 2.54. The number of carbonyl (C=O) groups excluding carboxylic acids is 1. The molecule has 0 radical (unpaired) electrons. The summed E-state index contributed by atoms with van der Waals surface area (Å²) in [4.78, 5) is 29.5. The van der Waals surface area contributed by atoms with E-state index in [4.69, 9.17) is 9.67 Å². The summed E-state index contributed by atoms with van der Waals surface area (Å²) in [5.74, 6) is 0.243. The lowest BCUT2D eigenvalue weighted by Crippen LogP contribution is -2.50. The van der Waals surface area contributed by atoms with Crippen LogP contribution < -0.4 is 15.6 Å². The highest BCUT2D eigenvalue weighted by Gasteiger charge is 2.26. The van der Waals surface area contributed by atoms with Crippen molar-refractivity contribution in [3.05, 3.63) is 40.6 Å². The van der Waals surface area contributed by atoms with Gasteiger partial charge in [-0.05, 0) is 56.4 Å². The highest BCUT2D eigenvalue weighted by molar-refractivity contribution is 7.94. The van der Waals surface area contributed by atoms with Crippen LogP contribution in [-0.2, 0) is 14.2 Å². The van der Waals surface area contributed by atoms with Crippen molar-refractivity contribution in [1.82, 2.24) is 0 Å². The number of anilines is 2. The third-order valence-electron chi connectivity index (χ3n) is 9.22. The van der Waals surface area contributed by atoms with Crippen LogP contribution in [0.5, 0.6) is 5.75 Å². The van der Waals surface area contributed by atoms with Crippen molar-refractivity contribution in [1.29, 1.82) is 0 Å². The van der Waals surface area contributed by atoms with Crippen molar-refractivity contribution >= 4 is 50.9 Å². The molecule has 10 nitrogen and oxygen atoms in total. The topological polar surface area (TPSA) is 121 Å². The maximum atomic E-state index is 13.4. The molecule has 1 aliphatic rings. The Morgan fingerprint density at radius 2 is 1.67 bits per heavy atom. The van der Waals surface area contributed by atoms with E-state index in [2.05, 4.69) is 33.6 Å². The van der Waals surface area contributed by atoms with E-state index in [1.807, 2.05) is 12.1 Å². The quantitative estimate of drug-likeness (QED) is 0.0309. The minimum absolute atomic E-state index is 0.127. The number of thiophene rings is 1. The number of nitrogens with one attached hydrogen (secondary N) is 1. The summed E-state index contributed by atoms with van der Waals surface area (Å²) in [6.45, 7) is 6.18. The summed E-state index contributed by atoms with van der Waals surface area (Å²) in [5, 5.41) is 27.3. The summed E-state index contributed by atoms with van der Waals surface area (Å²) < 4.78 is 11.2. The molecule has 0 aliphatic carbocycles. The van der Waals surface area contributed by atoms with Gasteiger partial charge in [-0.25, -0.2) is 5.26 Å². The lowest BCUT2D eigenvalue weighted by Gasteiger charge is -2.34.